The second-order valence-corrected chi connectivity index (χ2v) is 4.23. The summed E-state index contributed by atoms with van der Waals surface area (Å²) in [5, 5.41) is 0. The summed E-state index contributed by atoms with van der Waals surface area (Å²) in [4.78, 5) is 10.6. The van der Waals surface area contributed by atoms with Crippen molar-refractivity contribution in [2.24, 2.45) is 5.92 Å². The molecule has 0 unspecified atom stereocenters. The largest absolute Gasteiger partial charge is 0.379 e. The lowest BCUT2D eigenvalue weighted by molar-refractivity contribution is 0.0567. The Balaban J connectivity index is 3.50. The third kappa shape index (κ3) is 9.88. The van der Waals surface area contributed by atoms with Crippen molar-refractivity contribution in [3.63, 3.8) is 0 Å². The minimum Gasteiger partial charge on any atom is -0.379 e. The molecule has 0 aliphatic carbocycles. The van der Waals surface area contributed by atoms with Gasteiger partial charge in [-0.3, -0.25) is 4.79 Å². The van der Waals surface area contributed by atoms with Gasteiger partial charge in [0.25, 0.3) is 0 Å². The molecule has 0 atom stereocenters. The Labute approximate surface area is 93.1 Å². The maximum atomic E-state index is 10.6. The molecule has 0 aromatic rings. The molecule has 1 radical (unpaired) electrons. The van der Waals surface area contributed by atoms with Crippen molar-refractivity contribution in [3.8, 4) is 0 Å². The van der Waals surface area contributed by atoms with E-state index in [1.165, 1.54) is 0 Å². The Kier molecular flexibility index (Phi) is 8.62. The van der Waals surface area contributed by atoms with E-state index >= 15 is 0 Å². The second-order valence-electron chi connectivity index (χ2n) is 4.23. The number of carbonyl (C=O) groups excluding carboxylic acids is 1. The van der Waals surface area contributed by atoms with Crippen LogP contribution in [0.5, 0.6) is 0 Å². The lowest BCUT2D eigenvalue weighted by atomic mass is 10.0. The van der Waals surface area contributed by atoms with E-state index in [-0.39, 0.29) is 18.1 Å². The molecule has 0 rings (SSSR count). The van der Waals surface area contributed by atoms with Crippen LogP contribution in [0.25, 0.3) is 0 Å². The van der Waals surface area contributed by atoms with Crippen LogP contribution in [0.4, 0.5) is 0 Å². The zero-order chi connectivity index (χ0) is 11.7. The molecule has 89 valence electrons. The number of hydrogen-bond acceptors (Lipinski definition) is 3. The van der Waals surface area contributed by atoms with Gasteiger partial charge >= 0.3 is 0 Å². The van der Waals surface area contributed by atoms with Crippen molar-refractivity contribution in [1.82, 2.24) is 0 Å². The molecule has 0 amide bonds. The second kappa shape index (κ2) is 8.86. The topological polar surface area (TPSA) is 35.5 Å². The van der Waals surface area contributed by atoms with Crippen LogP contribution in [0.15, 0.2) is 0 Å². The predicted molar refractivity (Wildman–Crippen MR) is 60.6 cm³/mol. The SMILES string of the molecule is CC(C)OCCC([C]=O)CCOC(C)C. The Morgan fingerprint density at radius 2 is 1.33 bits per heavy atom. The highest BCUT2D eigenvalue weighted by Gasteiger charge is 2.09. The van der Waals surface area contributed by atoms with E-state index in [0.29, 0.717) is 13.2 Å². The number of ether oxygens (including phenoxy) is 2. The summed E-state index contributed by atoms with van der Waals surface area (Å²) < 4.78 is 10.8. The zero-order valence-electron chi connectivity index (χ0n) is 10.3. The highest BCUT2D eigenvalue weighted by atomic mass is 16.5. The van der Waals surface area contributed by atoms with Gasteiger partial charge in [-0.05, 0) is 40.5 Å². The highest BCUT2D eigenvalue weighted by molar-refractivity contribution is 5.54. The maximum Gasteiger partial charge on any atom is 0.201 e. The van der Waals surface area contributed by atoms with Gasteiger partial charge in [-0.25, -0.2) is 0 Å². The van der Waals surface area contributed by atoms with Gasteiger partial charge in [-0.15, -0.1) is 0 Å². The fourth-order valence-electron chi connectivity index (χ4n) is 1.15. The average Bonchev–Trinajstić information content (AvgIpc) is 2.14. The van der Waals surface area contributed by atoms with Gasteiger partial charge < -0.3 is 9.47 Å². The molecule has 0 aromatic carbocycles. The van der Waals surface area contributed by atoms with Gasteiger partial charge in [-0.1, -0.05) is 0 Å². The molecule has 3 heteroatoms. The number of hydrogen-bond donors (Lipinski definition) is 0. The summed E-state index contributed by atoms with van der Waals surface area (Å²) in [6.07, 6.45) is 3.97. The first-order valence-corrected chi connectivity index (χ1v) is 5.67. The van der Waals surface area contributed by atoms with E-state index in [9.17, 15) is 4.79 Å². The molecular weight excluding hydrogens is 192 g/mol. The predicted octanol–water partition coefficient (Wildman–Crippen LogP) is 2.34. The van der Waals surface area contributed by atoms with E-state index in [1.807, 2.05) is 34.0 Å². The Morgan fingerprint density at radius 3 is 1.60 bits per heavy atom. The molecule has 0 aliphatic rings. The quantitative estimate of drug-likeness (QED) is 0.592. The summed E-state index contributed by atoms with van der Waals surface area (Å²) >= 11 is 0. The van der Waals surface area contributed by atoms with Gasteiger partial charge in [0.05, 0.1) is 12.2 Å². The van der Waals surface area contributed by atoms with Crippen molar-refractivity contribution < 1.29 is 14.3 Å². The molecule has 0 saturated carbocycles. The van der Waals surface area contributed by atoms with E-state index in [2.05, 4.69) is 0 Å². The Hall–Kier alpha value is -0.410. The molecule has 0 saturated heterocycles. The molecule has 15 heavy (non-hydrogen) atoms. The van der Waals surface area contributed by atoms with Gasteiger partial charge in [0.2, 0.25) is 6.29 Å². The third-order valence-corrected chi connectivity index (χ3v) is 2.00. The molecule has 0 bridgehead atoms. The van der Waals surface area contributed by atoms with Crippen LogP contribution in [0, 0.1) is 5.92 Å². The summed E-state index contributed by atoms with van der Waals surface area (Å²) in [5.41, 5.74) is 0. The molecule has 0 heterocycles. The van der Waals surface area contributed by atoms with E-state index in [4.69, 9.17) is 9.47 Å². The van der Waals surface area contributed by atoms with Crippen LogP contribution >= 0.6 is 0 Å². The van der Waals surface area contributed by atoms with Crippen molar-refractivity contribution in [2.75, 3.05) is 13.2 Å². The highest BCUT2D eigenvalue weighted by Crippen LogP contribution is 2.07. The van der Waals surface area contributed by atoms with Crippen LogP contribution in [0.3, 0.4) is 0 Å². The Morgan fingerprint density at radius 1 is 0.933 bits per heavy atom. The van der Waals surface area contributed by atoms with Crippen LogP contribution in [0.2, 0.25) is 0 Å². The normalized spacial score (nSPS) is 11.7. The molecule has 0 fully saturated rings. The summed E-state index contributed by atoms with van der Waals surface area (Å²) in [6, 6.07) is 0. The minimum absolute atomic E-state index is 0.0532. The molecular formula is C12H23O3. The summed E-state index contributed by atoms with van der Waals surface area (Å²) in [6.45, 7) is 9.20. The van der Waals surface area contributed by atoms with E-state index in [1.54, 1.807) is 0 Å². The van der Waals surface area contributed by atoms with Gasteiger partial charge in [0.15, 0.2) is 0 Å². The lowest BCUT2D eigenvalue weighted by Gasteiger charge is -2.13. The summed E-state index contributed by atoms with van der Waals surface area (Å²) in [7, 11) is 0. The lowest BCUT2D eigenvalue weighted by Crippen LogP contribution is -2.14. The first-order valence-electron chi connectivity index (χ1n) is 5.67. The van der Waals surface area contributed by atoms with Crippen molar-refractivity contribution in [2.45, 2.75) is 52.7 Å². The third-order valence-electron chi connectivity index (χ3n) is 2.00. The fourth-order valence-corrected chi connectivity index (χ4v) is 1.15. The Bertz CT molecular complexity index is 141. The molecule has 3 nitrogen and oxygen atoms in total. The first-order chi connectivity index (χ1) is 7.06. The average molecular weight is 215 g/mol. The van der Waals surface area contributed by atoms with Gasteiger partial charge in [0, 0.05) is 19.1 Å². The first kappa shape index (κ1) is 14.6. The minimum atomic E-state index is -0.0532. The standard InChI is InChI=1S/C12H23O3/c1-10(2)14-7-5-12(9-13)6-8-15-11(3)4/h10-12H,5-8H2,1-4H3. The fraction of sp³-hybridized carbons (Fsp3) is 0.917. The van der Waals surface area contributed by atoms with Gasteiger partial charge in [-0.2, -0.15) is 0 Å². The smallest absolute Gasteiger partial charge is 0.201 e. The molecule has 0 spiro atoms. The van der Waals surface area contributed by atoms with E-state index < -0.39 is 0 Å². The monoisotopic (exact) mass is 215 g/mol. The van der Waals surface area contributed by atoms with Crippen molar-refractivity contribution >= 4 is 6.29 Å². The van der Waals surface area contributed by atoms with Crippen LogP contribution in [-0.2, 0) is 14.3 Å². The molecule has 0 aromatic heterocycles. The van der Waals surface area contributed by atoms with Crippen LogP contribution < -0.4 is 0 Å². The van der Waals surface area contributed by atoms with Crippen molar-refractivity contribution in [3.05, 3.63) is 0 Å². The van der Waals surface area contributed by atoms with Crippen LogP contribution in [-0.4, -0.2) is 31.7 Å². The maximum absolute atomic E-state index is 10.6. The van der Waals surface area contributed by atoms with Crippen molar-refractivity contribution in [1.29, 1.82) is 0 Å². The summed E-state index contributed by atoms with van der Waals surface area (Å²) in [5.74, 6) is -0.0532. The zero-order valence-corrected chi connectivity index (χ0v) is 10.3. The van der Waals surface area contributed by atoms with Crippen LogP contribution in [0.1, 0.15) is 40.5 Å². The van der Waals surface area contributed by atoms with E-state index in [0.717, 1.165) is 12.8 Å². The molecule has 0 N–H and O–H groups in total. The number of rotatable bonds is 9. The molecule has 0 aliphatic heterocycles. The van der Waals surface area contributed by atoms with Gasteiger partial charge in [0.1, 0.15) is 0 Å².